The number of amides is 1. The average molecular weight is 393 g/mol. The molecule has 0 unspecified atom stereocenters. The fourth-order valence-electron chi connectivity index (χ4n) is 2.48. The lowest BCUT2D eigenvalue weighted by atomic mass is 10.1. The van der Waals surface area contributed by atoms with Crippen LogP contribution in [0.15, 0.2) is 53.4 Å². The van der Waals surface area contributed by atoms with E-state index in [9.17, 15) is 18.0 Å². The zero-order chi connectivity index (χ0) is 18.9. The first-order valence-corrected chi connectivity index (χ1v) is 8.95. The van der Waals surface area contributed by atoms with Gasteiger partial charge >= 0.3 is 6.18 Å². The van der Waals surface area contributed by atoms with Crippen LogP contribution in [0.25, 0.3) is 6.08 Å². The van der Waals surface area contributed by atoms with E-state index in [0.717, 1.165) is 35.0 Å². The standard InChI is InChI=1S/C19H14F3NOS2/c1-12-5-7-13(8-6-12)10-16-17(24)23(18(25)26-16)11-14-3-2-4-15(9-14)19(20,21)22/h2-10H,11H2,1H3/b16-10-. The molecule has 3 rings (SSSR count). The molecular formula is C19H14F3NOS2. The van der Waals surface area contributed by atoms with Crippen LogP contribution in [0.4, 0.5) is 13.2 Å². The predicted octanol–water partition coefficient (Wildman–Crippen LogP) is 5.42. The summed E-state index contributed by atoms with van der Waals surface area (Å²) in [6, 6.07) is 12.6. The summed E-state index contributed by atoms with van der Waals surface area (Å²) in [4.78, 5) is 14.4. The van der Waals surface area contributed by atoms with Gasteiger partial charge in [-0.15, -0.1) is 0 Å². The van der Waals surface area contributed by atoms with Gasteiger partial charge in [0, 0.05) is 0 Å². The van der Waals surface area contributed by atoms with E-state index in [1.165, 1.54) is 11.0 Å². The van der Waals surface area contributed by atoms with Crippen molar-refractivity contribution in [3.8, 4) is 0 Å². The quantitative estimate of drug-likeness (QED) is 0.513. The molecule has 0 aromatic heterocycles. The molecule has 2 aromatic carbocycles. The fourth-order valence-corrected chi connectivity index (χ4v) is 3.73. The van der Waals surface area contributed by atoms with Crippen molar-refractivity contribution in [1.82, 2.24) is 4.90 Å². The number of benzene rings is 2. The number of thioether (sulfide) groups is 1. The van der Waals surface area contributed by atoms with E-state index in [1.54, 1.807) is 12.1 Å². The van der Waals surface area contributed by atoms with E-state index in [1.807, 2.05) is 31.2 Å². The first kappa shape index (κ1) is 18.7. The maximum Gasteiger partial charge on any atom is 0.416 e. The number of halogens is 3. The Kier molecular flexibility index (Phi) is 5.20. The third-order valence-corrected chi connectivity index (χ3v) is 5.22. The summed E-state index contributed by atoms with van der Waals surface area (Å²) in [6.45, 7) is 1.98. The molecule has 0 N–H and O–H groups in total. The zero-order valence-corrected chi connectivity index (χ0v) is 15.3. The molecule has 0 aliphatic carbocycles. The van der Waals surface area contributed by atoms with E-state index >= 15 is 0 Å². The molecule has 1 saturated heterocycles. The van der Waals surface area contributed by atoms with E-state index in [-0.39, 0.29) is 12.5 Å². The van der Waals surface area contributed by atoms with Crippen LogP contribution in [0.5, 0.6) is 0 Å². The van der Waals surface area contributed by atoms with Crippen LogP contribution in [0, 0.1) is 6.92 Å². The Morgan fingerprint density at radius 3 is 2.50 bits per heavy atom. The number of hydrogen-bond donors (Lipinski definition) is 0. The molecule has 0 spiro atoms. The molecule has 0 bridgehead atoms. The predicted molar refractivity (Wildman–Crippen MR) is 101 cm³/mol. The number of rotatable bonds is 3. The Morgan fingerprint density at radius 1 is 1.15 bits per heavy atom. The lowest BCUT2D eigenvalue weighted by Crippen LogP contribution is -2.27. The Balaban J connectivity index is 1.81. The number of carbonyl (C=O) groups excluding carboxylic acids is 1. The van der Waals surface area contributed by atoms with Crippen LogP contribution in [0.3, 0.4) is 0 Å². The summed E-state index contributed by atoms with van der Waals surface area (Å²) in [5.41, 5.74) is 1.62. The molecule has 7 heteroatoms. The third-order valence-electron chi connectivity index (χ3n) is 3.84. The topological polar surface area (TPSA) is 20.3 Å². The van der Waals surface area contributed by atoms with Crippen molar-refractivity contribution >= 4 is 40.3 Å². The molecule has 2 aromatic rings. The highest BCUT2D eigenvalue weighted by molar-refractivity contribution is 8.26. The molecule has 134 valence electrons. The van der Waals surface area contributed by atoms with Gasteiger partial charge in [-0.1, -0.05) is 65.9 Å². The van der Waals surface area contributed by atoms with Crippen LogP contribution >= 0.6 is 24.0 Å². The minimum atomic E-state index is -4.42. The van der Waals surface area contributed by atoms with Gasteiger partial charge in [0.1, 0.15) is 4.32 Å². The van der Waals surface area contributed by atoms with Crippen LogP contribution in [-0.2, 0) is 17.5 Å². The highest BCUT2D eigenvalue weighted by Gasteiger charge is 2.33. The van der Waals surface area contributed by atoms with Gasteiger partial charge < -0.3 is 0 Å². The van der Waals surface area contributed by atoms with E-state index in [4.69, 9.17) is 12.2 Å². The fraction of sp³-hybridized carbons (Fsp3) is 0.158. The van der Waals surface area contributed by atoms with Gasteiger partial charge in [-0.3, -0.25) is 9.69 Å². The number of thiocarbonyl (C=S) groups is 1. The maximum atomic E-state index is 12.8. The first-order chi connectivity index (χ1) is 12.2. The van der Waals surface area contributed by atoms with Gasteiger partial charge in [-0.05, 0) is 36.3 Å². The molecule has 1 aliphatic heterocycles. The van der Waals surface area contributed by atoms with Gasteiger partial charge in [0.15, 0.2) is 0 Å². The Labute approximate surface area is 158 Å². The summed E-state index contributed by atoms with van der Waals surface area (Å²) < 4.78 is 38.9. The van der Waals surface area contributed by atoms with Crippen molar-refractivity contribution in [3.63, 3.8) is 0 Å². The highest BCUT2D eigenvalue weighted by Crippen LogP contribution is 2.34. The minimum absolute atomic E-state index is 0.0137. The Bertz CT molecular complexity index is 888. The lowest BCUT2D eigenvalue weighted by molar-refractivity contribution is -0.137. The maximum absolute atomic E-state index is 12.8. The van der Waals surface area contributed by atoms with Crippen molar-refractivity contribution in [2.24, 2.45) is 0 Å². The first-order valence-electron chi connectivity index (χ1n) is 7.72. The van der Waals surface area contributed by atoms with Crippen molar-refractivity contribution in [1.29, 1.82) is 0 Å². The van der Waals surface area contributed by atoms with Crippen molar-refractivity contribution in [2.75, 3.05) is 0 Å². The molecule has 1 aliphatic rings. The zero-order valence-electron chi connectivity index (χ0n) is 13.7. The second-order valence-electron chi connectivity index (χ2n) is 5.88. The summed E-state index contributed by atoms with van der Waals surface area (Å²) in [6.07, 6.45) is -2.68. The third kappa shape index (κ3) is 4.16. The smallest absolute Gasteiger partial charge is 0.288 e. The summed E-state index contributed by atoms with van der Waals surface area (Å²) in [5.74, 6) is -0.294. The molecule has 0 saturated carbocycles. The normalized spacial score (nSPS) is 16.6. The van der Waals surface area contributed by atoms with Crippen LogP contribution < -0.4 is 0 Å². The molecule has 0 atom stereocenters. The van der Waals surface area contributed by atoms with E-state index < -0.39 is 11.7 Å². The number of nitrogens with zero attached hydrogens (tertiary/aromatic N) is 1. The molecule has 1 fully saturated rings. The number of alkyl halides is 3. The second kappa shape index (κ2) is 7.25. The minimum Gasteiger partial charge on any atom is -0.288 e. The van der Waals surface area contributed by atoms with Gasteiger partial charge in [-0.25, -0.2) is 0 Å². The van der Waals surface area contributed by atoms with Gasteiger partial charge in [0.2, 0.25) is 0 Å². The summed E-state index contributed by atoms with van der Waals surface area (Å²) in [5, 5.41) is 0. The Morgan fingerprint density at radius 2 is 1.85 bits per heavy atom. The largest absolute Gasteiger partial charge is 0.416 e. The lowest BCUT2D eigenvalue weighted by Gasteiger charge is -2.15. The van der Waals surface area contributed by atoms with Crippen molar-refractivity contribution in [3.05, 3.63) is 75.7 Å². The molecule has 1 heterocycles. The summed E-state index contributed by atoms with van der Waals surface area (Å²) >= 11 is 6.40. The number of aryl methyl sites for hydroxylation is 1. The van der Waals surface area contributed by atoms with Crippen LogP contribution in [-0.4, -0.2) is 15.1 Å². The van der Waals surface area contributed by atoms with Gasteiger partial charge in [0.05, 0.1) is 17.0 Å². The average Bonchev–Trinajstić information content (AvgIpc) is 2.84. The Hall–Kier alpha value is -2.12. The van der Waals surface area contributed by atoms with Crippen LogP contribution in [0.1, 0.15) is 22.3 Å². The number of carbonyl (C=O) groups is 1. The molecule has 0 radical (unpaired) electrons. The number of hydrogen-bond acceptors (Lipinski definition) is 3. The van der Waals surface area contributed by atoms with Crippen molar-refractivity contribution in [2.45, 2.75) is 19.6 Å². The monoisotopic (exact) mass is 393 g/mol. The molecule has 2 nitrogen and oxygen atoms in total. The summed E-state index contributed by atoms with van der Waals surface area (Å²) in [7, 11) is 0. The molecular weight excluding hydrogens is 379 g/mol. The van der Waals surface area contributed by atoms with Crippen molar-refractivity contribution < 1.29 is 18.0 Å². The molecule has 1 amide bonds. The molecule has 26 heavy (non-hydrogen) atoms. The SMILES string of the molecule is Cc1ccc(/C=C2\SC(=S)N(Cc3cccc(C(F)(F)F)c3)C2=O)cc1. The van der Waals surface area contributed by atoms with E-state index in [0.29, 0.717) is 14.8 Å². The highest BCUT2D eigenvalue weighted by atomic mass is 32.2. The van der Waals surface area contributed by atoms with Gasteiger partial charge in [0.25, 0.3) is 5.91 Å². The van der Waals surface area contributed by atoms with Gasteiger partial charge in [-0.2, -0.15) is 13.2 Å². The second-order valence-corrected chi connectivity index (χ2v) is 7.55. The van der Waals surface area contributed by atoms with Crippen LogP contribution in [0.2, 0.25) is 0 Å². The van der Waals surface area contributed by atoms with E-state index in [2.05, 4.69) is 0 Å².